The van der Waals surface area contributed by atoms with Gasteiger partial charge in [0.15, 0.2) is 0 Å². The topological polar surface area (TPSA) is 66.5 Å². The molecule has 0 saturated heterocycles. The molecule has 1 aromatic carbocycles. The van der Waals surface area contributed by atoms with Crippen LogP contribution in [0.5, 0.6) is 5.75 Å². The maximum absolute atomic E-state index is 9.47. The Morgan fingerprint density at radius 3 is 2.54 bits per heavy atom. The molecule has 0 aliphatic heterocycles. The van der Waals surface area contributed by atoms with Crippen molar-refractivity contribution in [2.75, 3.05) is 0 Å². The summed E-state index contributed by atoms with van der Waals surface area (Å²) in [4.78, 5) is 0. The highest BCUT2D eigenvalue weighted by atomic mass is 16.3. The summed E-state index contributed by atoms with van der Waals surface area (Å²) in [6, 6.07) is 5.24. The number of rotatable bonds is 2. The molecule has 0 atom stereocenters. The summed E-state index contributed by atoms with van der Waals surface area (Å²) in [6.07, 6.45) is 1.95. The zero-order valence-corrected chi connectivity index (χ0v) is 7.33. The van der Waals surface area contributed by atoms with Crippen LogP contribution in [0, 0.1) is 0 Å². The van der Waals surface area contributed by atoms with Crippen LogP contribution in [0.1, 0.15) is 24.0 Å². The van der Waals surface area contributed by atoms with Gasteiger partial charge < -0.3 is 15.9 Å². The van der Waals surface area contributed by atoms with Crippen molar-refractivity contribution in [3.05, 3.63) is 29.3 Å². The molecule has 0 unspecified atom stereocenters. The van der Waals surface area contributed by atoms with Gasteiger partial charge in [0.05, 0.1) is 6.61 Å². The maximum atomic E-state index is 9.47. The molecule has 3 nitrogen and oxygen atoms in total. The Kier molecular flexibility index (Phi) is 1.78. The molecular weight excluding hydrogens is 166 g/mol. The van der Waals surface area contributed by atoms with Gasteiger partial charge in [-0.1, -0.05) is 12.1 Å². The lowest BCUT2D eigenvalue weighted by molar-refractivity contribution is 0.275. The van der Waals surface area contributed by atoms with Gasteiger partial charge in [-0.3, -0.25) is 0 Å². The van der Waals surface area contributed by atoms with Gasteiger partial charge in [-0.15, -0.1) is 0 Å². The van der Waals surface area contributed by atoms with E-state index in [9.17, 15) is 5.11 Å². The Balaban J connectivity index is 2.36. The van der Waals surface area contributed by atoms with Crippen molar-refractivity contribution >= 4 is 0 Å². The Morgan fingerprint density at radius 1 is 1.38 bits per heavy atom. The molecule has 2 rings (SSSR count). The minimum atomic E-state index is -0.217. The third-order valence-corrected chi connectivity index (χ3v) is 2.62. The fourth-order valence-electron chi connectivity index (χ4n) is 1.43. The number of aromatic hydroxyl groups is 1. The van der Waals surface area contributed by atoms with Crippen LogP contribution in [0.3, 0.4) is 0 Å². The first-order chi connectivity index (χ1) is 6.15. The van der Waals surface area contributed by atoms with Gasteiger partial charge in [0.25, 0.3) is 0 Å². The number of hydrogen-bond acceptors (Lipinski definition) is 3. The maximum Gasteiger partial charge on any atom is 0.121 e. The Labute approximate surface area is 76.8 Å². The predicted molar refractivity (Wildman–Crippen MR) is 49.1 cm³/mol. The van der Waals surface area contributed by atoms with E-state index in [1.54, 1.807) is 12.1 Å². The molecule has 3 heteroatoms. The highest BCUT2D eigenvalue weighted by molar-refractivity contribution is 5.40. The molecule has 0 spiro atoms. The van der Waals surface area contributed by atoms with Gasteiger partial charge >= 0.3 is 0 Å². The highest BCUT2D eigenvalue weighted by Crippen LogP contribution is 2.43. The average Bonchev–Trinajstić information content (AvgIpc) is 2.85. The minimum Gasteiger partial charge on any atom is -0.508 e. The van der Waals surface area contributed by atoms with E-state index in [4.69, 9.17) is 10.8 Å². The number of hydrogen-bond donors (Lipinski definition) is 3. The summed E-state index contributed by atoms with van der Waals surface area (Å²) in [6.45, 7) is -0.135. The zero-order valence-electron chi connectivity index (χ0n) is 7.33. The van der Waals surface area contributed by atoms with E-state index in [1.807, 2.05) is 6.07 Å². The Bertz CT molecular complexity index is 332. The van der Waals surface area contributed by atoms with Crippen molar-refractivity contribution < 1.29 is 10.2 Å². The van der Waals surface area contributed by atoms with Gasteiger partial charge in [-0.25, -0.2) is 0 Å². The normalized spacial score (nSPS) is 18.6. The van der Waals surface area contributed by atoms with E-state index in [0.717, 1.165) is 18.4 Å². The first-order valence-corrected chi connectivity index (χ1v) is 4.38. The second kappa shape index (κ2) is 2.72. The summed E-state index contributed by atoms with van der Waals surface area (Å²) in [5.41, 5.74) is 7.25. The number of benzene rings is 1. The van der Waals surface area contributed by atoms with Crippen molar-refractivity contribution in [1.29, 1.82) is 0 Å². The summed E-state index contributed by atoms with van der Waals surface area (Å²) < 4.78 is 0. The Morgan fingerprint density at radius 2 is 2.08 bits per heavy atom. The molecule has 1 aromatic rings. The second-order valence-electron chi connectivity index (χ2n) is 3.66. The average molecular weight is 179 g/mol. The van der Waals surface area contributed by atoms with E-state index in [1.165, 1.54) is 0 Å². The lowest BCUT2D eigenvalue weighted by Crippen LogP contribution is -2.18. The minimum absolute atomic E-state index is 0.135. The predicted octanol–water partition coefficient (Wildman–Crippen LogP) is 0.832. The van der Waals surface area contributed by atoms with Crippen LogP contribution >= 0.6 is 0 Å². The summed E-state index contributed by atoms with van der Waals surface area (Å²) in [5.74, 6) is 0.136. The summed E-state index contributed by atoms with van der Waals surface area (Å²) in [5, 5.41) is 18.3. The van der Waals surface area contributed by atoms with Crippen LogP contribution in [0.25, 0.3) is 0 Å². The number of aliphatic hydroxyl groups is 1. The van der Waals surface area contributed by atoms with Crippen LogP contribution in [0.4, 0.5) is 0 Å². The lowest BCUT2D eigenvalue weighted by atomic mass is 10.0. The molecule has 1 fully saturated rings. The Hall–Kier alpha value is -1.06. The summed E-state index contributed by atoms with van der Waals surface area (Å²) >= 11 is 0. The lowest BCUT2D eigenvalue weighted by Gasteiger charge is -2.10. The van der Waals surface area contributed by atoms with Crippen LogP contribution < -0.4 is 5.73 Å². The van der Waals surface area contributed by atoms with Crippen LogP contribution in [0.15, 0.2) is 18.2 Å². The smallest absolute Gasteiger partial charge is 0.121 e. The molecule has 0 amide bonds. The standard InChI is InChI=1S/C10H13NO2/c11-10(3-4-10)8-2-1-7(6-12)9(13)5-8/h1-2,5,12-13H,3-4,6,11H2. The molecule has 0 heterocycles. The van der Waals surface area contributed by atoms with Gasteiger partial charge in [0.1, 0.15) is 5.75 Å². The number of nitrogens with two attached hydrogens (primary N) is 1. The zero-order chi connectivity index (χ0) is 9.47. The van der Waals surface area contributed by atoms with Gasteiger partial charge in [-0.05, 0) is 24.5 Å². The summed E-state index contributed by atoms with van der Waals surface area (Å²) in [7, 11) is 0. The van der Waals surface area contributed by atoms with Crippen LogP contribution in [-0.2, 0) is 12.1 Å². The molecule has 1 saturated carbocycles. The molecule has 0 radical (unpaired) electrons. The quantitative estimate of drug-likeness (QED) is 0.630. The van der Waals surface area contributed by atoms with E-state index >= 15 is 0 Å². The SMILES string of the molecule is NC1(c2ccc(CO)c(O)c2)CC1. The number of phenols is 1. The molecule has 0 bridgehead atoms. The number of aliphatic hydroxyl groups excluding tert-OH is 1. The molecule has 0 aromatic heterocycles. The third kappa shape index (κ3) is 1.41. The van der Waals surface area contributed by atoms with Crippen LogP contribution in [0.2, 0.25) is 0 Å². The van der Waals surface area contributed by atoms with Crippen molar-refractivity contribution in [3.8, 4) is 5.75 Å². The monoisotopic (exact) mass is 179 g/mol. The molecule has 1 aliphatic rings. The van der Waals surface area contributed by atoms with E-state index < -0.39 is 0 Å². The van der Waals surface area contributed by atoms with Crippen molar-refractivity contribution in [2.24, 2.45) is 5.73 Å². The fourth-order valence-corrected chi connectivity index (χ4v) is 1.43. The van der Waals surface area contributed by atoms with Crippen molar-refractivity contribution in [2.45, 2.75) is 25.0 Å². The van der Waals surface area contributed by atoms with Crippen molar-refractivity contribution in [3.63, 3.8) is 0 Å². The van der Waals surface area contributed by atoms with E-state index in [2.05, 4.69) is 0 Å². The molecule has 1 aliphatic carbocycles. The first kappa shape index (κ1) is 8.53. The molecule has 70 valence electrons. The van der Waals surface area contributed by atoms with Gasteiger partial charge in [0, 0.05) is 11.1 Å². The van der Waals surface area contributed by atoms with Gasteiger partial charge in [0.2, 0.25) is 0 Å². The van der Waals surface area contributed by atoms with E-state index in [-0.39, 0.29) is 17.9 Å². The molecule has 13 heavy (non-hydrogen) atoms. The fraction of sp³-hybridized carbons (Fsp3) is 0.400. The first-order valence-electron chi connectivity index (χ1n) is 4.38. The molecule has 4 N–H and O–H groups in total. The van der Waals surface area contributed by atoms with Crippen molar-refractivity contribution in [1.82, 2.24) is 0 Å². The molecular formula is C10H13NO2. The van der Waals surface area contributed by atoms with Crippen LogP contribution in [-0.4, -0.2) is 10.2 Å². The van der Waals surface area contributed by atoms with E-state index in [0.29, 0.717) is 5.56 Å². The van der Waals surface area contributed by atoms with Gasteiger partial charge in [-0.2, -0.15) is 0 Å². The second-order valence-corrected chi connectivity index (χ2v) is 3.66. The largest absolute Gasteiger partial charge is 0.508 e. The third-order valence-electron chi connectivity index (χ3n) is 2.62. The highest BCUT2D eigenvalue weighted by Gasteiger charge is 2.40.